The van der Waals surface area contributed by atoms with Crippen molar-refractivity contribution in [2.75, 3.05) is 5.88 Å². The Kier molecular flexibility index (Phi) is 10.0. The van der Waals surface area contributed by atoms with Gasteiger partial charge in [0.2, 0.25) is 0 Å². The molecule has 0 radical (unpaired) electrons. The van der Waals surface area contributed by atoms with Crippen LogP contribution in [0.3, 0.4) is 0 Å². The molecule has 0 aliphatic carbocycles. The number of thioether (sulfide) groups is 1. The van der Waals surface area contributed by atoms with Crippen LogP contribution in [-0.2, 0) is 0 Å². The molecule has 0 aromatic carbocycles. The minimum atomic E-state index is 0.0215. The summed E-state index contributed by atoms with van der Waals surface area (Å²) in [5, 5.41) is 0.522. The fraction of sp³-hybridized carbons (Fsp3) is 0.692. The first kappa shape index (κ1) is 17.0. The van der Waals surface area contributed by atoms with Gasteiger partial charge in [-0.05, 0) is 26.2 Å². The van der Waals surface area contributed by atoms with Crippen molar-refractivity contribution in [1.29, 1.82) is 0 Å². The van der Waals surface area contributed by atoms with Gasteiger partial charge in [-0.2, -0.15) is 0 Å². The lowest BCUT2D eigenvalue weighted by Gasteiger charge is -2.19. The van der Waals surface area contributed by atoms with Gasteiger partial charge in [-0.3, -0.25) is 0 Å². The first-order chi connectivity index (χ1) is 8.01. The molecule has 3 atom stereocenters. The number of halogens is 1. The van der Waals surface area contributed by atoms with Gasteiger partial charge >= 0.3 is 0 Å². The number of hydrogen-bond donors (Lipinski definition) is 2. The van der Waals surface area contributed by atoms with Gasteiger partial charge < -0.3 is 11.5 Å². The van der Waals surface area contributed by atoms with Crippen LogP contribution < -0.4 is 11.5 Å². The van der Waals surface area contributed by atoms with Crippen molar-refractivity contribution in [1.82, 2.24) is 0 Å². The van der Waals surface area contributed by atoms with Crippen LogP contribution in [-0.4, -0.2) is 23.2 Å². The Labute approximate surface area is 115 Å². The highest BCUT2D eigenvalue weighted by Gasteiger charge is 2.13. The maximum Gasteiger partial charge on any atom is 0.0366 e. The Morgan fingerprint density at radius 2 is 1.94 bits per heavy atom. The molecule has 0 aromatic rings. The van der Waals surface area contributed by atoms with E-state index in [4.69, 9.17) is 23.1 Å². The zero-order chi connectivity index (χ0) is 13.3. The predicted octanol–water partition coefficient (Wildman–Crippen LogP) is 3.26. The van der Waals surface area contributed by atoms with Crippen LogP contribution in [0.5, 0.6) is 0 Å². The minimum absolute atomic E-state index is 0.0215. The van der Waals surface area contributed by atoms with Crippen molar-refractivity contribution in [3.05, 3.63) is 23.6 Å². The molecule has 0 aliphatic rings. The van der Waals surface area contributed by atoms with Gasteiger partial charge in [0, 0.05) is 28.1 Å². The summed E-state index contributed by atoms with van der Waals surface area (Å²) in [6.07, 6.45) is 6.72. The summed E-state index contributed by atoms with van der Waals surface area (Å²) in [5.74, 6) is 0.588. The van der Waals surface area contributed by atoms with Crippen LogP contribution in [0.2, 0.25) is 0 Å². The number of alkyl halides is 1. The summed E-state index contributed by atoms with van der Waals surface area (Å²) in [5.41, 5.74) is 11.8. The highest BCUT2D eigenvalue weighted by atomic mass is 35.5. The van der Waals surface area contributed by atoms with Gasteiger partial charge in [0.15, 0.2) is 0 Å². The summed E-state index contributed by atoms with van der Waals surface area (Å²) < 4.78 is 0. The van der Waals surface area contributed by atoms with Crippen molar-refractivity contribution in [2.45, 2.75) is 50.4 Å². The third-order valence-corrected chi connectivity index (χ3v) is 4.00. The summed E-state index contributed by atoms with van der Waals surface area (Å²) in [7, 11) is 0. The van der Waals surface area contributed by atoms with Crippen LogP contribution >= 0.6 is 23.4 Å². The molecular formula is C13H25ClN2S. The van der Waals surface area contributed by atoms with Crippen molar-refractivity contribution in [3.63, 3.8) is 0 Å². The molecule has 0 aliphatic heterocycles. The summed E-state index contributed by atoms with van der Waals surface area (Å²) in [6, 6.07) is 0.287. The van der Waals surface area contributed by atoms with Gasteiger partial charge in [-0.15, -0.1) is 23.4 Å². The van der Waals surface area contributed by atoms with E-state index < -0.39 is 0 Å². The normalized spacial score (nSPS) is 17.6. The maximum absolute atomic E-state index is 6.07. The van der Waals surface area contributed by atoms with Gasteiger partial charge in [0.25, 0.3) is 0 Å². The van der Waals surface area contributed by atoms with E-state index in [0.29, 0.717) is 11.1 Å². The van der Waals surface area contributed by atoms with Crippen LogP contribution in [0.25, 0.3) is 0 Å². The Morgan fingerprint density at radius 3 is 2.41 bits per heavy atom. The highest BCUT2D eigenvalue weighted by Crippen LogP contribution is 2.28. The monoisotopic (exact) mass is 276 g/mol. The topological polar surface area (TPSA) is 52.0 Å². The zero-order valence-corrected chi connectivity index (χ0v) is 12.4. The lowest BCUT2D eigenvalue weighted by Crippen LogP contribution is -2.23. The van der Waals surface area contributed by atoms with Crippen LogP contribution in [0, 0.1) is 0 Å². The maximum atomic E-state index is 6.07. The molecule has 0 heterocycles. The van der Waals surface area contributed by atoms with Gasteiger partial charge in [-0.25, -0.2) is 0 Å². The molecule has 0 fully saturated rings. The first-order valence-corrected chi connectivity index (χ1v) is 7.49. The van der Waals surface area contributed by atoms with E-state index in [1.54, 1.807) is 6.08 Å². The quantitative estimate of drug-likeness (QED) is 0.502. The molecule has 0 amide bonds. The second-order valence-corrected chi connectivity index (χ2v) is 6.26. The Balaban J connectivity index is 4.24. The molecule has 0 aromatic heterocycles. The number of hydrogen-bond acceptors (Lipinski definition) is 3. The molecule has 4 heteroatoms. The Morgan fingerprint density at radius 1 is 1.29 bits per heavy atom. The number of rotatable bonds is 9. The highest BCUT2D eigenvalue weighted by molar-refractivity contribution is 8.03. The molecule has 0 bridgehead atoms. The van der Waals surface area contributed by atoms with Crippen molar-refractivity contribution in [3.8, 4) is 0 Å². The SMILES string of the molecule is C=C/C=C(/SC(C)CCC(C)N)C(N)CCCl. The number of nitrogens with two attached hydrogens (primary N) is 2. The molecular weight excluding hydrogens is 252 g/mol. The average molecular weight is 277 g/mol. The van der Waals surface area contributed by atoms with Crippen molar-refractivity contribution >= 4 is 23.4 Å². The molecule has 0 spiro atoms. The van der Waals surface area contributed by atoms with Crippen LogP contribution in [0.4, 0.5) is 0 Å². The molecule has 100 valence electrons. The smallest absolute Gasteiger partial charge is 0.0366 e. The second-order valence-electron chi connectivity index (χ2n) is 4.37. The Hall–Kier alpha value is 0.0400. The van der Waals surface area contributed by atoms with E-state index in [-0.39, 0.29) is 12.1 Å². The summed E-state index contributed by atoms with van der Waals surface area (Å²) in [4.78, 5) is 1.16. The van der Waals surface area contributed by atoms with Gasteiger partial charge in [0.05, 0.1) is 0 Å². The minimum Gasteiger partial charge on any atom is -0.328 e. The van der Waals surface area contributed by atoms with E-state index in [9.17, 15) is 0 Å². The molecule has 4 N–H and O–H groups in total. The fourth-order valence-electron chi connectivity index (χ4n) is 1.42. The second kappa shape index (κ2) is 10.0. The van der Waals surface area contributed by atoms with Crippen LogP contribution in [0.15, 0.2) is 23.6 Å². The van der Waals surface area contributed by atoms with E-state index in [1.165, 1.54) is 0 Å². The standard InChI is InChI=1S/C13H25ClN2S/c1-4-5-13(12(16)8-9-14)17-11(3)7-6-10(2)15/h4-5,10-12H,1,6-9,15-16H2,2-3H3/b13-5+. The lowest BCUT2D eigenvalue weighted by atomic mass is 10.1. The third kappa shape index (κ3) is 8.72. The average Bonchev–Trinajstić information content (AvgIpc) is 2.26. The Bertz CT molecular complexity index is 242. The molecule has 17 heavy (non-hydrogen) atoms. The van der Waals surface area contributed by atoms with E-state index in [0.717, 1.165) is 24.2 Å². The molecule has 0 rings (SSSR count). The van der Waals surface area contributed by atoms with Gasteiger partial charge in [0.1, 0.15) is 0 Å². The van der Waals surface area contributed by atoms with E-state index in [1.807, 2.05) is 24.8 Å². The van der Waals surface area contributed by atoms with E-state index >= 15 is 0 Å². The summed E-state index contributed by atoms with van der Waals surface area (Å²) in [6.45, 7) is 7.97. The number of allylic oxidation sites excluding steroid dienone is 2. The van der Waals surface area contributed by atoms with Crippen LogP contribution in [0.1, 0.15) is 33.1 Å². The molecule has 0 saturated heterocycles. The third-order valence-electron chi connectivity index (χ3n) is 2.43. The molecule has 3 unspecified atom stereocenters. The summed E-state index contributed by atoms with van der Waals surface area (Å²) >= 11 is 7.53. The molecule has 0 saturated carbocycles. The lowest BCUT2D eigenvalue weighted by molar-refractivity contribution is 0.622. The molecule has 2 nitrogen and oxygen atoms in total. The van der Waals surface area contributed by atoms with Crippen molar-refractivity contribution < 1.29 is 0 Å². The largest absolute Gasteiger partial charge is 0.328 e. The van der Waals surface area contributed by atoms with E-state index in [2.05, 4.69) is 13.5 Å². The zero-order valence-electron chi connectivity index (χ0n) is 10.9. The van der Waals surface area contributed by atoms with Crippen molar-refractivity contribution in [2.24, 2.45) is 11.5 Å². The van der Waals surface area contributed by atoms with Gasteiger partial charge in [-0.1, -0.05) is 25.7 Å². The fourth-order valence-corrected chi connectivity index (χ4v) is 2.84. The first-order valence-electron chi connectivity index (χ1n) is 6.07. The predicted molar refractivity (Wildman–Crippen MR) is 81.5 cm³/mol.